The van der Waals surface area contributed by atoms with Crippen LogP contribution in [0.1, 0.15) is 34.1 Å². The standard InChI is InChI=1S/C12H24N2S/c1-10(6-7-13)14(5)8-11(9-15)12(2,3)4/h10-11,15H,6,8-9H2,1-5H3. The molecule has 2 atom stereocenters. The van der Waals surface area contributed by atoms with Crippen LogP contribution in [0.3, 0.4) is 0 Å². The minimum atomic E-state index is 0.280. The SMILES string of the molecule is CC(CC#N)N(C)CC(CS)C(C)(C)C. The second kappa shape index (κ2) is 6.40. The van der Waals surface area contributed by atoms with Crippen molar-refractivity contribution in [1.82, 2.24) is 4.90 Å². The second-order valence-electron chi connectivity index (χ2n) is 5.40. The molecule has 0 amide bonds. The molecule has 0 bridgehead atoms. The molecule has 2 nitrogen and oxygen atoms in total. The van der Waals surface area contributed by atoms with E-state index in [4.69, 9.17) is 5.26 Å². The molecule has 0 fully saturated rings. The van der Waals surface area contributed by atoms with E-state index in [2.05, 4.69) is 58.3 Å². The first-order valence-corrected chi connectivity index (χ1v) is 6.14. The Morgan fingerprint density at radius 3 is 2.27 bits per heavy atom. The Labute approximate surface area is 100 Å². The summed E-state index contributed by atoms with van der Waals surface area (Å²) in [5, 5.41) is 8.64. The molecule has 0 N–H and O–H groups in total. The van der Waals surface area contributed by atoms with Gasteiger partial charge in [0.1, 0.15) is 0 Å². The molecule has 0 aliphatic heterocycles. The lowest BCUT2D eigenvalue weighted by molar-refractivity contribution is 0.159. The van der Waals surface area contributed by atoms with Crippen molar-refractivity contribution in [2.24, 2.45) is 11.3 Å². The van der Waals surface area contributed by atoms with E-state index in [0.29, 0.717) is 18.4 Å². The number of nitriles is 1. The molecule has 2 unspecified atom stereocenters. The Balaban J connectivity index is 4.25. The Kier molecular flexibility index (Phi) is 6.31. The second-order valence-corrected chi connectivity index (χ2v) is 5.76. The van der Waals surface area contributed by atoms with Crippen molar-refractivity contribution < 1.29 is 0 Å². The fourth-order valence-corrected chi connectivity index (χ4v) is 2.08. The number of rotatable bonds is 5. The highest BCUT2D eigenvalue weighted by Crippen LogP contribution is 2.27. The molecule has 3 heteroatoms. The fourth-order valence-electron chi connectivity index (χ4n) is 1.42. The molecule has 0 saturated carbocycles. The first kappa shape index (κ1) is 14.8. The Morgan fingerprint density at radius 1 is 1.40 bits per heavy atom. The molecule has 0 aromatic heterocycles. The molecule has 0 aliphatic rings. The molecular formula is C12H24N2S. The van der Waals surface area contributed by atoms with Gasteiger partial charge in [0, 0.05) is 12.6 Å². The van der Waals surface area contributed by atoms with Gasteiger partial charge >= 0.3 is 0 Å². The van der Waals surface area contributed by atoms with Crippen molar-refractivity contribution in [1.29, 1.82) is 5.26 Å². The monoisotopic (exact) mass is 228 g/mol. The first-order chi connectivity index (χ1) is 6.82. The van der Waals surface area contributed by atoms with Crippen LogP contribution >= 0.6 is 12.6 Å². The zero-order valence-electron chi connectivity index (χ0n) is 10.6. The maximum Gasteiger partial charge on any atom is 0.0638 e. The van der Waals surface area contributed by atoms with Crippen LogP contribution in [0.2, 0.25) is 0 Å². The lowest BCUT2D eigenvalue weighted by atomic mass is 9.81. The van der Waals surface area contributed by atoms with Gasteiger partial charge in [0.2, 0.25) is 0 Å². The van der Waals surface area contributed by atoms with E-state index >= 15 is 0 Å². The minimum absolute atomic E-state index is 0.280. The summed E-state index contributed by atoms with van der Waals surface area (Å²) in [6.07, 6.45) is 0.597. The van der Waals surface area contributed by atoms with Gasteiger partial charge in [0.25, 0.3) is 0 Å². The number of nitrogens with zero attached hydrogens (tertiary/aromatic N) is 2. The highest BCUT2D eigenvalue weighted by atomic mass is 32.1. The van der Waals surface area contributed by atoms with Crippen molar-refractivity contribution in [3.63, 3.8) is 0 Å². The zero-order valence-corrected chi connectivity index (χ0v) is 11.5. The highest BCUT2D eigenvalue weighted by molar-refractivity contribution is 7.80. The van der Waals surface area contributed by atoms with E-state index in [1.54, 1.807) is 0 Å². The molecule has 0 rings (SSSR count). The van der Waals surface area contributed by atoms with Gasteiger partial charge in [-0.15, -0.1) is 0 Å². The summed E-state index contributed by atoms with van der Waals surface area (Å²) in [6.45, 7) is 9.85. The summed E-state index contributed by atoms with van der Waals surface area (Å²) in [5.74, 6) is 1.46. The van der Waals surface area contributed by atoms with Gasteiger partial charge in [0.05, 0.1) is 12.5 Å². The third kappa shape index (κ3) is 5.44. The van der Waals surface area contributed by atoms with E-state index in [1.807, 2.05) is 0 Å². The lowest BCUT2D eigenvalue weighted by Crippen LogP contribution is -2.38. The molecule has 0 aromatic rings. The molecular weight excluding hydrogens is 204 g/mol. The average molecular weight is 228 g/mol. The first-order valence-electron chi connectivity index (χ1n) is 5.51. The van der Waals surface area contributed by atoms with E-state index in [1.165, 1.54) is 0 Å². The quantitative estimate of drug-likeness (QED) is 0.733. The van der Waals surface area contributed by atoms with Crippen LogP contribution < -0.4 is 0 Å². The molecule has 0 saturated heterocycles. The van der Waals surface area contributed by atoms with Crippen molar-refractivity contribution in [3.8, 4) is 6.07 Å². The van der Waals surface area contributed by atoms with Gasteiger partial charge in [-0.1, -0.05) is 20.8 Å². The smallest absolute Gasteiger partial charge is 0.0638 e. The molecule has 0 radical (unpaired) electrons. The van der Waals surface area contributed by atoms with Gasteiger partial charge in [-0.3, -0.25) is 0 Å². The van der Waals surface area contributed by atoms with Crippen molar-refractivity contribution >= 4 is 12.6 Å². The molecule has 0 aromatic carbocycles. The molecule has 0 aliphatic carbocycles. The number of thiol groups is 1. The van der Waals surface area contributed by atoms with Crippen molar-refractivity contribution in [2.45, 2.75) is 40.2 Å². The summed E-state index contributed by atoms with van der Waals surface area (Å²) in [4.78, 5) is 2.26. The average Bonchev–Trinajstić information content (AvgIpc) is 2.12. The molecule has 88 valence electrons. The van der Waals surface area contributed by atoms with E-state index in [9.17, 15) is 0 Å². The van der Waals surface area contributed by atoms with E-state index < -0.39 is 0 Å². The molecule has 0 spiro atoms. The fraction of sp³-hybridized carbons (Fsp3) is 0.917. The topological polar surface area (TPSA) is 27.0 Å². The third-order valence-electron chi connectivity index (χ3n) is 3.09. The van der Waals surface area contributed by atoms with Crippen LogP contribution in [0.4, 0.5) is 0 Å². The van der Waals surface area contributed by atoms with Gasteiger partial charge in [0.15, 0.2) is 0 Å². The van der Waals surface area contributed by atoms with Crippen molar-refractivity contribution in [2.75, 3.05) is 19.3 Å². The lowest BCUT2D eigenvalue weighted by Gasteiger charge is -2.34. The van der Waals surface area contributed by atoms with Crippen LogP contribution in [0.5, 0.6) is 0 Å². The van der Waals surface area contributed by atoms with Crippen LogP contribution in [-0.2, 0) is 0 Å². The predicted octanol–water partition coefficient (Wildman–Crippen LogP) is 2.81. The third-order valence-corrected chi connectivity index (χ3v) is 3.53. The maximum atomic E-state index is 8.64. The van der Waals surface area contributed by atoms with Crippen LogP contribution in [-0.4, -0.2) is 30.3 Å². The van der Waals surface area contributed by atoms with Crippen molar-refractivity contribution in [3.05, 3.63) is 0 Å². The number of hydrogen-bond donors (Lipinski definition) is 1. The van der Waals surface area contributed by atoms with Crippen LogP contribution in [0.25, 0.3) is 0 Å². The summed E-state index contributed by atoms with van der Waals surface area (Å²) in [7, 11) is 2.09. The van der Waals surface area contributed by atoms with Gasteiger partial charge in [-0.05, 0) is 31.1 Å². The van der Waals surface area contributed by atoms with Gasteiger partial charge in [-0.25, -0.2) is 0 Å². The Hall–Kier alpha value is -0.200. The molecule has 0 heterocycles. The number of hydrogen-bond acceptors (Lipinski definition) is 3. The maximum absolute atomic E-state index is 8.64. The van der Waals surface area contributed by atoms with Crippen LogP contribution in [0.15, 0.2) is 0 Å². The Bertz CT molecular complexity index is 215. The molecule has 15 heavy (non-hydrogen) atoms. The van der Waals surface area contributed by atoms with Gasteiger partial charge < -0.3 is 4.90 Å². The highest BCUT2D eigenvalue weighted by Gasteiger charge is 2.25. The summed E-state index contributed by atoms with van der Waals surface area (Å²) in [6, 6.07) is 2.55. The zero-order chi connectivity index (χ0) is 12.1. The minimum Gasteiger partial charge on any atom is -0.302 e. The predicted molar refractivity (Wildman–Crippen MR) is 69.1 cm³/mol. The Morgan fingerprint density at radius 2 is 1.93 bits per heavy atom. The largest absolute Gasteiger partial charge is 0.302 e. The van der Waals surface area contributed by atoms with Gasteiger partial charge in [-0.2, -0.15) is 17.9 Å². The van der Waals surface area contributed by atoms with Crippen LogP contribution in [0, 0.1) is 22.7 Å². The van der Waals surface area contributed by atoms with E-state index in [0.717, 1.165) is 12.3 Å². The normalized spacial score (nSPS) is 16.1. The van der Waals surface area contributed by atoms with E-state index in [-0.39, 0.29) is 5.41 Å². The summed E-state index contributed by atoms with van der Waals surface area (Å²) in [5.41, 5.74) is 0.280. The summed E-state index contributed by atoms with van der Waals surface area (Å²) < 4.78 is 0. The summed E-state index contributed by atoms with van der Waals surface area (Å²) >= 11 is 4.41.